The third-order valence-electron chi connectivity index (χ3n) is 3.27. The zero-order valence-electron chi connectivity index (χ0n) is 11.7. The Bertz CT molecular complexity index is 658. The van der Waals surface area contributed by atoms with E-state index in [1.807, 2.05) is 6.92 Å². The largest absolute Gasteiger partial charge is 0.306 e. The number of hydrogen-bond donors (Lipinski definition) is 1. The molecule has 112 valence electrons. The van der Waals surface area contributed by atoms with Gasteiger partial charge in [-0.15, -0.1) is 0 Å². The smallest absolute Gasteiger partial charge is 0.131 e. The van der Waals surface area contributed by atoms with Gasteiger partial charge < -0.3 is 5.32 Å². The maximum absolute atomic E-state index is 14.1. The number of rotatable bonds is 4. The minimum atomic E-state index is -0.663. The van der Waals surface area contributed by atoms with Crippen LogP contribution in [-0.4, -0.2) is 6.54 Å². The summed E-state index contributed by atoms with van der Waals surface area (Å²) in [5, 5.41) is 3.29. The molecule has 0 amide bonds. The van der Waals surface area contributed by atoms with Crippen molar-refractivity contribution in [3.05, 3.63) is 69.5 Å². The summed E-state index contributed by atoms with van der Waals surface area (Å²) < 4.78 is 40.7. The van der Waals surface area contributed by atoms with Crippen LogP contribution in [0.2, 0.25) is 5.02 Å². The first-order chi connectivity index (χ1) is 9.93. The average molecular weight is 314 g/mol. The van der Waals surface area contributed by atoms with Crippen LogP contribution in [0.25, 0.3) is 0 Å². The molecule has 0 aliphatic heterocycles. The van der Waals surface area contributed by atoms with Crippen molar-refractivity contribution in [2.75, 3.05) is 6.54 Å². The van der Waals surface area contributed by atoms with E-state index in [1.165, 1.54) is 24.3 Å². The van der Waals surface area contributed by atoms with E-state index in [-0.39, 0.29) is 10.6 Å². The minimum absolute atomic E-state index is 0.197. The molecule has 1 unspecified atom stereocenters. The molecule has 0 radical (unpaired) electrons. The number of aryl methyl sites for hydroxylation is 1. The van der Waals surface area contributed by atoms with Gasteiger partial charge in [-0.25, -0.2) is 13.2 Å². The molecule has 21 heavy (non-hydrogen) atoms. The Morgan fingerprint density at radius 2 is 1.76 bits per heavy atom. The lowest BCUT2D eigenvalue weighted by molar-refractivity contribution is 0.537. The lowest BCUT2D eigenvalue weighted by Gasteiger charge is -2.21. The fourth-order valence-electron chi connectivity index (χ4n) is 2.23. The van der Waals surface area contributed by atoms with Crippen LogP contribution < -0.4 is 5.32 Å². The first-order valence-corrected chi connectivity index (χ1v) is 6.95. The topological polar surface area (TPSA) is 12.0 Å². The molecule has 5 heteroatoms. The molecule has 2 aromatic rings. The molecule has 0 fully saturated rings. The predicted molar refractivity (Wildman–Crippen MR) is 78.0 cm³/mol. The SMILES string of the molecule is CCNC(c1cc(C)c(F)cc1F)c1ccc(F)cc1Cl. The second kappa shape index (κ2) is 6.50. The van der Waals surface area contributed by atoms with Crippen LogP contribution in [0.4, 0.5) is 13.2 Å². The summed E-state index contributed by atoms with van der Waals surface area (Å²) in [6, 6.07) is 5.67. The van der Waals surface area contributed by atoms with Gasteiger partial charge in [0.05, 0.1) is 6.04 Å². The van der Waals surface area contributed by atoms with Crippen LogP contribution in [0.1, 0.15) is 29.7 Å². The van der Waals surface area contributed by atoms with Crippen molar-refractivity contribution in [3.63, 3.8) is 0 Å². The molecular weight excluding hydrogens is 299 g/mol. The molecule has 2 aromatic carbocycles. The maximum Gasteiger partial charge on any atom is 0.131 e. The van der Waals surface area contributed by atoms with E-state index in [9.17, 15) is 13.2 Å². The van der Waals surface area contributed by atoms with Gasteiger partial charge in [-0.2, -0.15) is 0 Å². The first kappa shape index (κ1) is 15.9. The third-order valence-corrected chi connectivity index (χ3v) is 3.60. The van der Waals surface area contributed by atoms with Gasteiger partial charge in [-0.1, -0.05) is 24.6 Å². The molecular formula is C16H15ClF3N. The highest BCUT2D eigenvalue weighted by Crippen LogP contribution is 2.31. The van der Waals surface area contributed by atoms with Crippen LogP contribution in [-0.2, 0) is 0 Å². The Balaban J connectivity index is 2.55. The van der Waals surface area contributed by atoms with Crippen LogP contribution in [0.3, 0.4) is 0 Å². The van der Waals surface area contributed by atoms with E-state index in [0.717, 1.165) is 6.07 Å². The van der Waals surface area contributed by atoms with Crippen LogP contribution in [0.5, 0.6) is 0 Å². The molecule has 2 rings (SSSR count). The number of nitrogens with one attached hydrogen (secondary N) is 1. The minimum Gasteiger partial charge on any atom is -0.306 e. The zero-order chi connectivity index (χ0) is 15.6. The molecule has 1 atom stereocenters. The maximum atomic E-state index is 14.1. The van der Waals surface area contributed by atoms with E-state index in [4.69, 9.17) is 11.6 Å². The van der Waals surface area contributed by atoms with Gasteiger partial charge in [-0.3, -0.25) is 0 Å². The Hall–Kier alpha value is -1.52. The molecule has 1 nitrogen and oxygen atoms in total. The molecule has 0 saturated carbocycles. The summed E-state index contributed by atoms with van der Waals surface area (Å²) in [6.45, 7) is 3.97. The molecule has 1 N–H and O–H groups in total. The Kier molecular flexibility index (Phi) is 4.91. The zero-order valence-corrected chi connectivity index (χ0v) is 12.4. The molecule has 0 aromatic heterocycles. The van der Waals surface area contributed by atoms with Gasteiger partial charge >= 0.3 is 0 Å². The van der Waals surface area contributed by atoms with Crippen molar-refractivity contribution in [1.82, 2.24) is 5.32 Å². The number of benzene rings is 2. The summed E-state index contributed by atoms with van der Waals surface area (Å²) in [5.41, 5.74) is 1.17. The first-order valence-electron chi connectivity index (χ1n) is 6.58. The summed E-state index contributed by atoms with van der Waals surface area (Å²) in [5.74, 6) is -1.73. The number of hydrogen-bond acceptors (Lipinski definition) is 1. The van der Waals surface area contributed by atoms with Gasteiger partial charge in [0.15, 0.2) is 0 Å². The quantitative estimate of drug-likeness (QED) is 0.857. The lowest BCUT2D eigenvalue weighted by Crippen LogP contribution is -2.23. The summed E-state index contributed by atoms with van der Waals surface area (Å²) >= 11 is 6.06. The van der Waals surface area contributed by atoms with Gasteiger partial charge in [0, 0.05) is 16.7 Å². The van der Waals surface area contributed by atoms with E-state index >= 15 is 0 Å². The van der Waals surface area contributed by atoms with Crippen molar-refractivity contribution in [3.8, 4) is 0 Å². The van der Waals surface area contributed by atoms with Gasteiger partial charge in [0.2, 0.25) is 0 Å². The lowest BCUT2D eigenvalue weighted by atomic mass is 9.96. The molecule has 0 spiro atoms. The monoisotopic (exact) mass is 313 g/mol. The van der Waals surface area contributed by atoms with Crippen molar-refractivity contribution in [2.24, 2.45) is 0 Å². The van der Waals surface area contributed by atoms with Crippen LogP contribution >= 0.6 is 11.6 Å². The third kappa shape index (κ3) is 3.39. The standard InChI is InChI=1S/C16H15ClF3N/c1-3-21-16(11-5-4-10(18)7-13(11)17)12-6-9(2)14(19)8-15(12)20/h4-8,16,21H,3H2,1-2H3. The average Bonchev–Trinajstić information content (AvgIpc) is 2.41. The summed E-state index contributed by atoms with van der Waals surface area (Å²) in [4.78, 5) is 0. The van der Waals surface area contributed by atoms with Crippen LogP contribution in [0, 0.1) is 24.4 Å². The summed E-state index contributed by atoms with van der Waals surface area (Å²) in [7, 11) is 0. The van der Waals surface area contributed by atoms with Crippen molar-refractivity contribution in [1.29, 1.82) is 0 Å². The predicted octanol–water partition coefficient (Wildman–Crippen LogP) is 4.76. The second-order valence-corrected chi connectivity index (χ2v) is 5.19. The van der Waals surface area contributed by atoms with E-state index in [1.54, 1.807) is 6.92 Å². The van der Waals surface area contributed by atoms with Crippen molar-refractivity contribution in [2.45, 2.75) is 19.9 Å². The fraction of sp³-hybridized carbons (Fsp3) is 0.250. The van der Waals surface area contributed by atoms with E-state index in [0.29, 0.717) is 17.7 Å². The highest BCUT2D eigenvalue weighted by Gasteiger charge is 2.21. The molecule has 0 aliphatic carbocycles. The molecule has 0 aliphatic rings. The van der Waals surface area contributed by atoms with Gasteiger partial charge in [-0.05, 0) is 42.8 Å². The fourth-order valence-corrected chi connectivity index (χ4v) is 2.50. The Morgan fingerprint density at radius 1 is 1.05 bits per heavy atom. The van der Waals surface area contributed by atoms with Crippen molar-refractivity contribution < 1.29 is 13.2 Å². The van der Waals surface area contributed by atoms with E-state index in [2.05, 4.69) is 5.32 Å². The van der Waals surface area contributed by atoms with E-state index < -0.39 is 23.5 Å². The van der Waals surface area contributed by atoms with Crippen LogP contribution in [0.15, 0.2) is 30.3 Å². The molecule has 0 saturated heterocycles. The second-order valence-electron chi connectivity index (χ2n) is 4.78. The Labute approximate surface area is 126 Å². The summed E-state index contributed by atoms with van der Waals surface area (Å²) in [6.07, 6.45) is 0. The Morgan fingerprint density at radius 3 is 2.38 bits per heavy atom. The van der Waals surface area contributed by atoms with Crippen molar-refractivity contribution >= 4 is 11.6 Å². The van der Waals surface area contributed by atoms with Gasteiger partial charge in [0.1, 0.15) is 17.5 Å². The molecule has 0 heterocycles. The van der Waals surface area contributed by atoms with Gasteiger partial charge in [0.25, 0.3) is 0 Å². The highest BCUT2D eigenvalue weighted by molar-refractivity contribution is 6.31. The number of halogens is 4. The highest BCUT2D eigenvalue weighted by atomic mass is 35.5. The normalized spacial score (nSPS) is 12.5. The molecule has 0 bridgehead atoms.